The number of rotatable bonds is 7. The summed E-state index contributed by atoms with van der Waals surface area (Å²) in [7, 11) is 1.59. The van der Waals surface area contributed by atoms with Gasteiger partial charge in [0.05, 0.1) is 24.2 Å². The van der Waals surface area contributed by atoms with Crippen molar-refractivity contribution in [3.05, 3.63) is 77.6 Å². The van der Waals surface area contributed by atoms with Crippen molar-refractivity contribution in [2.75, 3.05) is 18.2 Å². The van der Waals surface area contributed by atoms with Gasteiger partial charge in [-0.15, -0.1) is 10.2 Å². The molecule has 0 aliphatic rings. The second kappa shape index (κ2) is 9.87. The number of aromatic nitrogens is 4. The zero-order valence-corrected chi connectivity index (χ0v) is 19.8. The fraction of sp³-hybridized carbons (Fsp3) is 0.200. The van der Waals surface area contributed by atoms with Gasteiger partial charge < -0.3 is 10.1 Å². The highest BCUT2D eigenvalue weighted by Crippen LogP contribution is 2.30. The molecule has 33 heavy (non-hydrogen) atoms. The summed E-state index contributed by atoms with van der Waals surface area (Å²) in [6.45, 7) is 6.12. The third kappa shape index (κ3) is 5.06. The summed E-state index contributed by atoms with van der Waals surface area (Å²) in [6.07, 6.45) is 3.45. The summed E-state index contributed by atoms with van der Waals surface area (Å²) in [5.41, 5.74) is 5.90. The number of thioether (sulfide) groups is 1. The van der Waals surface area contributed by atoms with Crippen molar-refractivity contribution >= 4 is 23.4 Å². The number of aryl methyl sites for hydroxylation is 3. The lowest BCUT2D eigenvalue weighted by atomic mass is 10.1. The SMILES string of the molecule is COc1ccc(C)cc1NC(=O)CSc1nnc(-c2ccncc2)n1-c1ccc(C)c(C)c1. The van der Waals surface area contributed by atoms with Crippen LogP contribution in [0.1, 0.15) is 16.7 Å². The number of ether oxygens (including phenoxy) is 1. The second-order valence-corrected chi connectivity index (χ2v) is 8.63. The highest BCUT2D eigenvalue weighted by molar-refractivity contribution is 7.99. The Morgan fingerprint density at radius 2 is 1.79 bits per heavy atom. The third-order valence-electron chi connectivity index (χ3n) is 5.28. The molecule has 7 nitrogen and oxygen atoms in total. The first-order valence-corrected chi connectivity index (χ1v) is 11.5. The molecule has 168 valence electrons. The first-order valence-electron chi connectivity index (χ1n) is 10.5. The molecule has 4 aromatic rings. The van der Waals surface area contributed by atoms with Gasteiger partial charge in [-0.25, -0.2) is 0 Å². The van der Waals surface area contributed by atoms with E-state index in [9.17, 15) is 4.79 Å². The van der Waals surface area contributed by atoms with Crippen molar-refractivity contribution in [3.63, 3.8) is 0 Å². The predicted octanol–water partition coefficient (Wildman–Crippen LogP) is 4.99. The Bertz CT molecular complexity index is 1290. The van der Waals surface area contributed by atoms with E-state index in [1.807, 2.05) is 47.9 Å². The number of nitrogens with one attached hydrogen (secondary N) is 1. The molecule has 8 heteroatoms. The minimum atomic E-state index is -0.149. The summed E-state index contributed by atoms with van der Waals surface area (Å²) in [5, 5.41) is 12.4. The van der Waals surface area contributed by atoms with Crippen LogP contribution < -0.4 is 10.1 Å². The van der Waals surface area contributed by atoms with E-state index in [1.54, 1.807) is 19.5 Å². The number of carbonyl (C=O) groups excluding carboxylic acids is 1. The van der Waals surface area contributed by atoms with Gasteiger partial charge in [0.1, 0.15) is 5.75 Å². The average Bonchev–Trinajstić information content (AvgIpc) is 3.24. The Morgan fingerprint density at radius 1 is 1.00 bits per heavy atom. The molecule has 0 saturated heterocycles. The molecule has 0 atom stereocenters. The lowest BCUT2D eigenvalue weighted by Crippen LogP contribution is -2.15. The number of carbonyl (C=O) groups is 1. The van der Waals surface area contributed by atoms with E-state index in [-0.39, 0.29) is 11.7 Å². The van der Waals surface area contributed by atoms with Crippen LogP contribution in [0.2, 0.25) is 0 Å². The Morgan fingerprint density at radius 3 is 2.52 bits per heavy atom. The minimum absolute atomic E-state index is 0.149. The zero-order valence-electron chi connectivity index (χ0n) is 19.0. The fourth-order valence-corrected chi connectivity index (χ4v) is 4.14. The van der Waals surface area contributed by atoms with E-state index in [0.29, 0.717) is 22.4 Å². The normalized spacial score (nSPS) is 10.8. The Kier molecular flexibility index (Phi) is 6.74. The Balaban J connectivity index is 1.61. The van der Waals surface area contributed by atoms with E-state index in [1.165, 1.54) is 22.9 Å². The van der Waals surface area contributed by atoms with Crippen LogP contribution in [-0.2, 0) is 4.79 Å². The van der Waals surface area contributed by atoms with Crippen LogP contribution in [-0.4, -0.2) is 38.5 Å². The first-order chi connectivity index (χ1) is 16.0. The van der Waals surface area contributed by atoms with Gasteiger partial charge in [0, 0.05) is 18.0 Å². The maximum atomic E-state index is 12.7. The van der Waals surface area contributed by atoms with Gasteiger partial charge in [0.2, 0.25) is 5.91 Å². The van der Waals surface area contributed by atoms with Crippen LogP contribution in [0.3, 0.4) is 0 Å². The topological polar surface area (TPSA) is 81.9 Å². The van der Waals surface area contributed by atoms with Crippen LogP contribution in [0, 0.1) is 20.8 Å². The minimum Gasteiger partial charge on any atom is -0.495 e. The smallest absolute Gasteiger partial charge is 0.234 e. The van der Waals surface area contributed by atoms with E-state index in [0.717, 1.165) is 16.8 Å². The number of methoxy groups -OCH3 is 1. The second-order valence-electron chi connectivity index (χ2n) is 7.69. The zero-order chi connectivity index (χ0) is 23.4. The quantitative estimate of drug-likeness (QED) is 0.392. The predicted molar refractivity (Wildman–Crippen MR) is 131 cm³/mol. The fourth-order valence-electron chi connectivity index (χ4n) is 3.38. The monoisotopic (exact) mass is 459 g/mol. The van der Waals surface area contributed by atoms with Gasteiger partial charge >= 0.3 is 0 Å². The van der Waals surface area contributed by atoms with Crippen LogP contribution in [0.4, 0.5) is 5.69 Å². The van der Waals surface area contributed by atoms with Gasteiger partial charge in [-0.2, -0.15) is 0 Å². The molecule has 0 unspecified atom stereocenters. The van der Waals surface area contributed by atoms with Gasteiger partial charge in [-0.05, 0) is 73.9 Å². The molecule has 0 spiro atoms. The summed E-state index contributed by atoms with van der Waals surface area (Å²) in [5.74, 6) is 1.35. The van der Waals surface area contributed by atoms with Crippen molar-refractivity contribution < 1.29 is 9.53 Å². The molecule has 1 N–H and O–H groups in total. The van der Waals surface area contributed by atoms with Gasteiger partial charge in [-0.1, -0.05) is 23.9 Å². The summed E-state index contributed by atoms with van der Waals surface area (Å²) < 4.78 is 7.34. The number of hydrogen-bond acceptors (Lipinski definition) is 6. The van der Waals surface area contributed by atoms with Crippen LogP contribution in [0.5, 0.6) is 5.75 Å². The van der Waals surface area contributed by atoms with Crippen molar-refractivity contribution in [1.29, 1.82) is 0 Å². The molecule has 0 radical (unpaired) electrons. The molecular weight excluding hydrogens is 434 g/mol. The van der Waals surface area contributed by atoms with Gasteiger partial charge in [0.15, 0.2) is 11.0 Å². The summed E-state index contributed by atoms with van der Waals surface area (Å²) >= 11 is 1.33. The summed E-state index contributed by atoms with van der Waals surface area (Å²) in [4.78, 5) is 16.8. The average molecular weight is 460 g/mol. The maximum absolute atomic E-state index is 12.7. The van der Waals surface area contributed by atoms with E-state index in [4.69, 9.17) is 4.74 Å². The van der Waals surface area contributed by atoms with Gasteiger partial charge in [0.25, 0.3) is 0 Å². The Labute approximate surface area is 197 Å². The van der Waals surface area contributed by atoms with Crippen molar-refractivity contribution in [1.82, 2.24) is 19.7 Å². The molecule has 2 aromatic carbocycles. The highest BCUT2D eigenvalue weighted by Gasteiger charge is 2.18. The number of pyridine rings is 1. The molecule has 4 rings (SSSR count). The first kappa shape index (κ1) is 22.5. The molecule has 0 aliphatic heterocycles. The van der Waals surface area contributed by atoms with E-state index < -0.39 is 0 Å². The molecular formula is C25H25N5O2S. The van der Waals surface area contributed by atoms with E-state index in [2.05, 4.69) is 46.5 Å². The molecule has 0 saturated carbocycles. The van der Waals surface area contributed by atoms with Crippen molar-refractivity contribution in [2.24, 2.45) is 0 Å². The standard InChI is InChI=1S/C25H25N5O2S/c1-16-5-8-22(32-4)21(13-16)27-23(31)15-33-25-29-28-24(19-9-11-26-12-10-19)30(25)20-7-6-17(2)18(3)14-20/h5-14H,15H2,1-4H3,(H,27,31). The summed E-state index contributed by atoms with van der Waals surface area (Å²) in [6, 6.07) is 15.7. The van der Waals surface area contributed by atoms with Crippen LogP contribution in [0.15, 0.2) is 66.1 Å². The van der Waals surface area contributed by atoms with Crippen molar-refractivity contribution in [3.8, 4) is 22.8 Å². The number of hydrogen-bond donors (Lipinski definition) is 1. The van der Waals surface area contributed by atoms with E-state index >= 15 is 0 Å². The molecule has 2 aromatic heterocycles. The Hall–Kier alpha value is -3.65. The largest absolute Gasteiger partial charge is 0.495 e. The highest BCUT2D eigenvalue weighted by atomic mass is 32.2. The van der Waals surface area contributed by atoms with Crippen LogP contribution >= 0.6 is 11.8 Å². The van der Waals surface area contributed by atoms with Crippen molar-refractivity contribution in [2.45, 2.75) is 25.9 Å². The molecule has 1 amide bonds. The third-order valence-corrected chi connectivity index (χ3v) is 6.21. The molecule has 2 heterocycles. The van der Waals surface area contributed by atoms with Crippen LogP contribution in [0.25, 0.3) is 17.1 Å². The maximum Gasteiger partial charge on any atom is 0.234 e. The lowest BCUT2D eigenvalue weighted by Gasteiger charge is -2.13. The number of anilines is 1. The molecule has 0 fully saturated rings. The van der Waals surface area contributed by atoms with Gasteiger partial charge in [-0.3, -0.25) is 14.3 Å². The lowest BCUT2D eigenvalue weighted by molar-refractivity contribution is -0.113. The molecule has 0 aliphatic carbocycles. The number of benzene rings is 2. The number of amides is 1. The molecule has 0 bridgehead atoms. The number of nitrogens with zero attached hydrogens (tertiary/aromatic N) is 4.